The van der Waals surface area contributed by atoms with Gasteiger partial charge in [0.2, 0.25) is 5.91 Å². The molecule has 0 unspecified atom stereocenters. The van der Waals surface area contributed by atoms with Gasteiger partial charge in [-0.2, -0.15) is 0 Å². The zero-order chi connectivity index (χ0) is 18.0. The van der Waals surface area contributed by atoms with E-state index in [1.54, 1.807) is 17.0 Å². The van der Waals surface area contributed by atoms with Crippen molar-refractivity contribution in [3.8, 4) is 0 Å². The van der Waals surface area contributed by atoms with Crippen molar-refractivity contribution >= 4 is 23.3 Å². The fourth-order valence-electron chi connectivity index (χ4n) is 2.89. The molecule has 0 radical (unpaired) electrons. The van der Waals surface area contributed by atoms with Crippen molar-refractivity contribution in [2.75, 3.05) is 16.8 Å². The van der Waals surface area contributed by atoms with Crippen LogP contribution < -0.4 is 15.5 Å². The molecule has 0 saturated carbocycles. The summed E-state index contributed by atoms with van der Waals surface area (Å²) in [6.45, 7) is 4.24. The van der Waals surface area contributed by atoms with Crippen molar-refractivity contribution in [2.45, 2.75) is 26.3 Å². The Bertz CT molecular complexity index is 805. The Kier molecular flexibility index (Phi) is 4.70. The topological polar surface area (TPSA) is 61.4 Å². The predicted octanol–water partition coefficient (Wildman–Crippen LogP) is 3.37. The lowest BCUT2D eigenvalue weighted by atomic mass is 10.1. The second-order valence-corrected chi connectivity index (χ2v) is 6.30. The van der Waals surface area contributed by atoms with Crippen molar-refractivity contribution in [1.82, 2.24) is 5.32 Å². The summed E-state index contributed by atoms with van der Waals surface area (Å²) in [5, 5.41) is 5.65. The molecule has 130 valence electrons. The number of amides is 3. The highest BCUT2D eigenvalue weighted by atomic mass is 19.1. The smallest absolute Gasteiger partial charge is 0.319 e. The van der Waals surface area contributed by atoms with Gasteiger partial charge in [-0.3, -0.25) is 4.79 Å². The largest absolute Gasteiger partial charge is 0.333 e. The number of halogens is 1. The molecule has 0 aliphatic carbocycles. The number of hydrogen-bond donors (Lipinski definition) is 2. The highest BCUT2D eigenvalue weighted by molar-refractivity contribution is 5.97. The molecule has 0 spiro atoms. The number of rotatable bonds is 3. The summed E-state index contributed by atoms with van der Waals surface area (Å²) >= 11 is 0. The minimum atomic E-state index is -0.349. The van der Waals surface area contributed by atoms with Crippen LogP contribution in [0.1, 0.15) is 17.5 Å². The molecule has 0 aromatic heterocycles. The number of carbonyl (C=O) groups is 2. The first kappa shape index (κ1) is 17.0. The van der Waals surface area contributed by atoms with E-state index in [0.717, 1.165) is 16.8 Å². The molecule has 3 rings (SSSR count). The molecule has 1 aliphatic rings. The number of aryl methyl sites for hydroxylation is 2. The lowest BCUT2D eigenvalue weighted by molar-refractivity contribution is -0.117. The maximum absolute atomic E-state index is 13.0. The van der Waals surface area contributed by atoms with Gasteiger partial charge < -0.3 is 15.5 Å². The molecule has 25 heavy (non-hydrogen) atoms. The Hall–Kier alpha value is -2.89. The first-order valence-corrected chi connectivity index (χ1v) is 8.13. The minimum Gasteiger partial charge on any atom is -0.333 e. The molecule has 2 aromatic rings. The van der Waals surface area contributed by atoms with E-state index in [0.29, 0.717) is 12.2 Å². The van der Waals surface area contributed by atoms with Crippen LogP contribution >= 0.6 is 0 Å². The third-order valence-electron chi connectivity index (χ3n) is 4.24. The molecule has 0 bridgehead atoms. The molecule has 2 aromatic carbocycles. The average molecular weight is 341 g/mol. The van der Waals surface area contributed by atoms with Gasteiger partial charge in [0.1, 0.15) is 5.82 Å². The monoisotopic (exact) mass is 341 g/mol. The van der Waals surface area contributed by atoms with Gasteiger partial charge in [0.15, 0.2) is 0 Å². The summed E-state index contributed by atoms with van der Waals surface area (Å²) in [7, 11) is 0. The number of nitrogens with zero attached hydrogens (tertiary/aromatic N) is 1. The predicted molar refractivity (Wildman–Crippen MR) is 95.2 cm³/mol. The first-order chi connectivity index (χ1) is 11.9. The Labute approximate surface area is 145 Å². The van der Waals surface area contributed by atoms with Gasteiger partial charge in [-0.15, -0.1) is 0 Å². The van der Waals surface area contributed by atoms with Crippen LogP contribution in [0, 0.1) is 19.7 Å². The van der Waals surface area contributed by atoms with Gasteiger partial charge >= 0.3 is 6.03 Å². The van der Waals surface area contributed by atoms with Crippen LogP contribution in [-0.2, 0) is 4.79 Å². The van der Waals surface area contributed by atoms with E-state index in [9.17, 15) is 14.0 Å². The van der Waals surface area contributed by atoms with E-state index in [2.05, 4.69) is 10.6 Å². The summed E-state index contributed by atoms with van der Waals surface area (Å²) in [6, 6.07) is 11.0. The fourth-order valence-corrected chi connectivity index (χ4v) is 2.89. The summed E-state index contributed by atoms with van der Waals surface area (Å²) in [5.74, 6) is -0.443. The first-order valence-electron chi connectivity index (χ1n) is 8.13. The SMILES string of the molecule is Cc1ccc(C)c(NC(=O)N[C@@H]2CC(=O)N(c3ccc(F)cc3)C2)c1. The molecule has 5 nitrogen and oxygen atoms in total. The Morgan fingerprint density at radius 1 is 1.16 bits per heavy atom. The second kappa shape index (κ2) is 6.93. The van der Waals surface area contributed by atoms with Crippen LogP contribution in [0.4, 0.5) is 20.6 Å². The van der Waals surface area contributed by atoms with Crippen LogP contribution in [0.3, 0.4) is 0 Å². The fraction of sp³-hybridized carbons (Fsp3) is 0.263. The van der Waals surface area contributed by atoms with E-state index in [4.69, 9.17) is 0 Å². The van der Waals surface area contributed by atoms with E-state index in [1.165, 1.54) is 12.1 Å². The third-order valence-corrected chi connectivity index (χ3v) is 4.24. The van der Waals surface area contributed by atoms with Gasteiger partial charge in [-0.1, -0.05) is 12.1 Å². The van der Waals surface area contributed by atoms with E-state index < -0.39 is 0 Å². The van der Waals surface area contributed by atoms with Crippen molar-refractivity contribution < 1.29 is 14.0 Å². The molecule has 1 atom stereocenters. The van der Waals surface area contributed by atoms with Crippen LogP contribution in [0.15, 0.2) is 42.5 Å². The van der Waals surface area contributed by atoms with Gasteiger partial charge in [-0.25, -0.2) is 9.18 Å². The van der Waals surface area contributed by atoms with Gasteiger partial charge in [0.25, 0.3) is 0 Å². The van der Waals surface area contributed by atoms with Crippen LogP contribution in [-0.4, -0.2) is 24.5 Å². The normalized spacial score (nSPS) is 16.8. The average Bonchev–Trinajstić information content (AvgIpc) is 2.92. The quantitative estimate of drug-likeness (QED) is 0.899. The second-order valence-electron chi connectivity index (χ2n) is 6.30. The number of anilines is 2. The third kappa shape index (κ3) is 3.96. The standard InChI is InChI=1S/C19H20FN3O2/c1-12-3-4-13(2)17(9-12)22-19(25)21-15-10-18(24)23(11-15)16-7-5-14(20)6-8-16/h3-9,15H,10-11H2,1-2H3,(H2,21,22,25)/t15-/m1/s1. The lowest BCUT2D eigenvalue weighted by Crippen LogP contribution is -2.39. The van der Waals surface area contributed by atoms with Crippen LogP contribution in [0.25, 0.3) is 0 Å². The Balaban J connectivity index is 1.62. The van der Waals surface area contributed by atoms with Crippen molar-refractivity contribution in [3.63, 3.8) is 0 Å². The molecule has 1 aliphatic heterocycles. The summed E-state index contributed by atoms with van der Waals surface area (Å²) in [5.41, 5.74) is 3.40. The number of hydrogen-bond acceptors (Lipinski definition) is 2. The number of carbonyl (C=O) groups excluding carboxylic acids is 2. The van der Waals surface area contributed by atoms with Gasteiger partial charge in [0, 0.05) is 24.3 Å². The zero-order valence-electron chi connectivity index (χ0n) is 14.2. The Morgan fingerprint density at radius 2 is 1.88 bits per heavy atom. The van der Waals surface area contributed by atoms with E-state index >= 15 is 0 Å². The molecule has 3 amide bonds. The number of urea groups is 1. The summed E-state index contributed by atoms with van der Waals surface area (Å²) < 4.78 is 13.0. The van der Waals surface area contributed by atoms with Gasteiger partial charge in [-0.05, 0) is 55.3 Å². The summed E-state index contributed by atoms with van der Waals surface area (Å²) in [6.07, 6.45) is 0.220. The van der Waals surface area contributed by atoms with Crippen molar-refractivity contribution in [3.05, 3.63) is 59.4 Å². The molecular formula is C19H20FN3O2. The maximum Gasteiger partial charge on any atom is 0.319 e. The van der Waals surface area contributed by atoms with E-state index in [1.807, 2.05) is 32.0 Å². The Morgan fingerprint density at radius 3 is 2.60 bits per heavy atom. The van der Waals surface area contributed by atoms with E-state index in [-0.39, 0.29) is 30.2 Å². The lowest BCUT2D eigenvalue weighted by Gasteiger charge is -2.18. The molecule has 1 saturated heterocycles. The number of benzene rings is 2. The van der Waals surface area contributed by atoms with Crippen LogP contribution in [0.5, 0.6) is 0 Å². The van der Waals surface area contributed by atoms with Crippen molar-refractivity contribution in [1.29, 1.82) is 0 Å². The van der Waals surface area contributed by atoms with Crippen molar-refractivity contribution in [2.24, 2.45) is 0 Å². The summed E-state index contributed by atoms with van der Waals surface area (Å²) in [4.78, 5) is 26.0. The highest BCUT2D eigenvalue weighted by Crippen LogP contribution is 2.22. The molecular weight excluding hydrogens is 321 g/mol. The zero-order valence-corrected chi connectivity index (χ0v) is 14.2. The van der Waals surface area contributed by atoms with Crippen LogP contribution in [0.2, 0.25) is 0 Å². The molecule has 2 N–H and O–H groups in total. The number of nitrogens with one attached hydrogen (secondary N) is 2. The molecule has 1 fully saturated rings. The maximum atomic E-state index is 13.0. The highest BCUT2D eigenvalue weighted by Gasteiger charge is 2.31. The molecule has 1 heterocycles. The van der Waals surface area contributed by atoms with Gasteiger partial charge in [0.05, 0.1) is 6.04 Å². The molecule has 6 heteroatoms. The minimum absolute atomic E-state index is 0.0938.